The number of rotatable bonds is 11. The molecule has 0 radical (unpaired) electrons. The molecule has 30 heavy (non-hydrogen) atoms. The summed E-state index contributed by atoms with van der Waals surface area (Å²) in [4.78, 5) is 36.6. The first-order valence-electron chi connectivity index (χ1n) is 10.5. The van der Waals surface area contributed by atoms with E-state index in [1.807, 2.05) is 6.07 Å². The summed E-state index contributed by atoms with van der Waals surface area (Å²) in [6, 6.07) is 17.5. The standard InChI is InChI=1S/C25H27NO3Se/c27-23-18-19(25(29)22-14-8-7-13-21(22)23)10-3-1-6-15-24(28)26-16-9-17-30-20-11-4-2-5-12-20/h2,4-5,7-8,11-14,18H,1,3,6,9-10,15-17H2,(H,26,28). The van der Waals surface area contributed by atoms with Gasteiger partial charge in [-0.25, -0.2) is 0 Å². The van der Waals surface area contributed by atoms with Gasteiger partial charge in [-0.05, 0) is 0 Å². The van der Waals surface area contributed by atoms with Crippen molar-refractivity contribution >= 4 is 36.9 Å². The molecule has 0 heterocycles. The van der Waals surface area contributed by atoms with E-state index in [0.29, 0.717) is 44.5 Å². The van der Waals surface area contributed by atoms with Crippen LogP contribution in [-0.4, -0.2) is 39.0 Å². The van der Waals surface area contributed by atoms with E-state index in [1.54, 1.807) is 24.3 Å². The maximum absolute atomic E-state index is 12.5. The van der Waals surface area contributed by atoms with E-state index in [0.717, 1.165) is 37.5 Å². The molecule has 3 rings (SSSR count). The summed E-state index contributed by atoms with van der Waals surface area (Å²) in [6.07, 6.45) is 6.05. The Hall–Kier alpha value is -2.49. The van der Waals surface area contributed by atoms with Gasteiger partial charge < -0.3 is 0 Å². The summed E-state index contributed by atoms with van der Waals surface area (Å²) in [5.74, 6) is -0.0347. The van der Waals surface area contributed by atoms with Crippen molar-refractivity contribution in [3.63, 3.8) is 0 Å². The van der Waals surface area contributed by atoms with E-state index in [9.17, 15) is 14.4 Å². The van der Waals surface area contributed by atoms with Gasteiger partial charge in [0.1, 0.15) is 0 Å². The van der Waals surface area contributed by atoms with Crippen LogP contribution in [0.25, 0.3) is 0 Å². The first-order valence-corrected chi connectivity index (χ1v) is 12.5. The normalized spacial score (nSPS) is 13.0. The van der Waals surface area contributed by atoms with Crippen molar-refractivity contribution in [3.8, 4) is 0 Å². The Labute approximate surface area is 184 Å². The van der Waals surface area contributed by atoms with Crippen molar-refractivity contribution in [2.45, 2.75) is 43.8 Å². The molecule has 1 N–H and O–H groups in total. The Morgan fingerprint density at radius 1 is 0.833 bits per heavy atom. The second-order valence-electron chi connectivity index (χ2n) is 7.33. The number of unbranched alkanes of at least 4 members (excludes halogenated alkanes) is 2. The number of Topliss-reactive ketones (excluding diaryl/α,β-unsaturated/α-hetero) is 1. The fraction of sp³-hybridized carbons (Fsp3) is 0.320. The Balaban J connectivity index is 1.26. The van der Waals surface area contributed by atoms with Gasteiger partial charge in [-0.2, -0.15) is 0 Å². The van der Waals surface area contributed by atoms with Crippen LogP contribution in [0, 0.1) is 0 Å². The minimum absolute atomic E-state index is 0.0416. The van der Waals surface area contributed by atoms with Crippen molar-refractivity contribution < 1.29 is 14.4 Å². The number of allylic oxidation sites excluding steroid dienone is 2. The molecule has 0 bridgehead atoms. The van der Waals surface area contributed by atoms with Crippen LogP contribution in [0.3, 0.4) is 0 Å². The quantitative estimate of drug-likeness (QED) is 0.402. The molecule has 0 fully saturated rings. The van der Waals surface area contributed by atoms with Crippen LogP contribution < -0.4 is 9.78 Å². The van der Waals surface area contributed by atoms with Gasteiger partial charge in [-0.1, -0.05) is 24.3 Å². The van der Waals surface area contributed by atoms with Crippen LogP contribution in [0.15, 0.2) is 66.2 Å². The molecule has 2 aromatic rings. The third-order valence-corrected chi connectivity index (χ3v) is 7.34. The molecule has 0 spiro atoms. The average Bonchev–Trinajstić information content (AvgIpc) is 2.77. The zero-order chi connectivity index (χ0) is 21.2. The number of nitrogens with one attached hydrogen (secondary N) is 1. The van der Waals surface area contributed by atoms with Gasteiger partial charge in [0.2, 0.25) is 0 Å². The molecule has 1 aliphatic carbocycles. The summed E-state index contributed by atoms with van der Waals surface area (Å²) < 4.78 is 1.40. The van der Waals surface area contributed by atoms with Crippen LogP contribution in [0.5, 0.6) is 0 Å². The van der Waals surface area contributed by atoms with Crippen LogP contribution >= 0.6 is 0 Å². The molecule has 5 heteroatoms. The summed E-state index contributed by atoms with van der Waals surface area (Å²) in [5.41, 5.74) is 1.59. The second-order valence-corrected chi connectivity index (χ2v) is 9.79. The van der Waals surface area contributed by atoms with E-state index >= 15 is 0 Å². The van der Waals surface area contributed by atoms with Gasteiger partial charge in [-0.15, -0.1) is 0 Å². The topological polar surface area (TPSA) is 63.2 Å². The van der Waals surface area contributed by atoms with Gasteiger partial charge in [0.25, 0.3) is 0 Å². The molecule has 0 saturated heterocycles. The molecule has 1 amide bonds. The van der Waals surface area contributed by atoms with E-state index in [4.69, 9.17) is 0 Å². The van der Waals surface area contributed by atoms with Gasteiger partial charge in [0.05, 0.1) is 0 Å². The SMILES string of the molecule is O=C(CCCCCC1=CC(=O)c2ccccc2C1=O)NCCC[Se]c1ccccc1. The van der Waals surface area contributed by atoms with Crippen LogP contribution in [0.1, 0.15) is 59.2 Å². The van der Waals surface area contributed by atoms with Crippen LogP contribution in [0.2, 0.25) is 5.32 Å². The van der Waals surface area contributed by atoms with Gasteiger partial charge in [0, 0.05) is 11.1 Å². The molecular weight excluding hydrogens is 441 g/mol. The summed E-state index contributed by atoms with van der Waals surface area (Å²) in [6.45, 7) is 0.732. The molecule has 0 saturated carbocycles. The van der Waals surface area contributed by atoms with Crippen molar-refractivity contribution in [2.24, 2.45) is 0 Å². The van der Waals surface area contributed by atoms with E-state index in [1.165, 1.54) is 10.5 Å². The number of ketones is 2. The van der Waals surface area contributed by atoms with Crippen molar-refractivity contribution in [1.82, 2.24) is 5.32 Å². The van der Waals surface area contributed by atoms with Crippen molar-refractivity contribution in [2.75, 3.05) is 6.54 Å². The number of hydrogen-bond donors (Lipinski definition) is 1. The molecule has 0 aliphatic heterocycles. The molecule has 0 aromatic heterocycles. The number of hydrogen-bond acceptors (Lipinski definition) is 3. The number of carbonyl (C=O) groups is 3. The molecule has 0 atom stereocenters. The second kappa shape index (κ2) is 11.6. The number of fused-ring (bicyclic) bond motifs is 1. The van der Waals surface area contributed by atoms with Crippen molar-refractivity contribution in [1.29, 1.82) is 0 Å². The summed E-state index contributed by atoms with van der Waals surface area (Å²) in [7, 11) is 0. The number of amides is 1. The van der Waals surface area contributed by atoms with Crippen LogP contribution in [-0.2, 0) is 4.79 Å². The fourth-order valence-corrected chi connectivity index (χ4v) is 5.26. The molecule has 2 aromatic carbocycles. The fourth-order valence-electron chi connectivity index (χ4n) is 3.43. The Kier molecular flexibility index (Phi) is 8.61. The predicted molar refractivity (Wildman–Crippen MR) is 121 cm³/mol. The van der Waals surface area contributed by atoms with Crippen molar-refractivity contribution in [3.05, 3.63) is 77.4 Å². The first kappa shape index (κ1) is 22.2. The maximum atomic E-state index is 12.5. The molecule has 0 unspecified atom stereocenters. The third-order valence-electron chi connectivity index (χ3n) is 5.04. The monoisotopic (exact) mass is 469 g/mol. The molecule has 1 aliphatic rings. The number of carbonyl (C=O) groups excluding carboxylic acids is 3. The number of benzene rings is 2. The Morgan fingerprint density at radius 3 is 2.37 bits per heavy atom. The first-order chi connectivity index (χ1) is 14.6. The molecule has 156 valence electrons. The predicted octanol–water partition coefficient (Wildman–Crippen LogP) is 3.90. The third kappa shape index (κ3) is 6.51. The van der Waals surface area contributed by atoms with Crippen LogP contribution in [0.4, 0.5) is 0 Å². The molecular formula is C25H27NO3Se. The van der Waals surface area contributed by atoms with Gasteiger partial charge in [0.15, 0.2) is 5.78 Å². The van der Waals surface area contributed by atoms with E-state index < -0.39 is 0 Å². The zero-order valence-electron chi connectivity index (χ0n) is 17.1. The van der Waals surface area contributed by atoms with Gasteiger partial charge in [-0.3, -0.25) is 9.59 Å². The van der Waals surface area contributed by atoms with Gasteiger partial charge >= 0.3 is 134 Å². The summed E-state index contributed by atoms with van der Waals surface area (Å²) >= 11 is 0.471. The Bertz CT molecular complexity index is 921. The average molecular weight is 468 g/mol. The molecule has 4 nitrogen and oxygen atoms in total. The minimum atomic E-state index is -0.0896. The van der Waals surface area contributed by atoms with E-state index in [2.05, 4.69) is 29.6 Å². The Morgan fingerprint density at radius 2 is 1.57 bits per heavy atom. The summed E-state index contributed by atoms with van der Waals surface area (Å²) in [5, 5.41) is 4.12. The van der Waals surface area contributed by atoms with E-state index in [-0.39, 0.29) is 17.5 Å². The zero-order valence-corrected chi connectivity index (χ0v) is 18.8.